The van der Waals surface area contributed by atoms with Gasteiger partial charge in [0.25, 0.3) is 0 Å². The summed E-state index contributed by atoms with van der Waals surface area (Å²) in [6.07, 6.45) is 1.80. The number of carbonyl (C=O) groups excluding carboxylic acids is 1. The van der Waals surface area contributed by atoms with Crippen LogP contribution in [0.1, 0.15) is 52.0 Å². The Morgan fingerprint density at radius 3 is 2.29 bits per heavy atom. The van der Waals surface area contributed by atoms with Crippen LogP contribution < -0.4 is 0 Å². The van der Waals surface area contributed by atoms with Gasteiger partial charge in [0, 0.05) is 0 Å². The molecule has 0 N–H and O–H groups in total. The fraction of sp³-hybridized carbons (Fsp3) is 0.533. The maximum absolute atomic E-state index is 12.1. The summed E-state index contributed by atoms with van der Waals surface area (Å²) in [5.74, 6) is -0.258. The lowest BCUT2D eigenvalue weighted by Gasteiger charge is -2.24. The molecule has 94 valence electrons. The smallest absolute Gasteiger partial charge is 0.313 e. The van der Waals surface area contributed by atoms with E-state index in [1.165, 1.54) is 0 Å². The molecule has 0 fully saturated rings. The fourth-order valence-corrected chi connectivity index (χ4v) is 1.77. The van der Waals surface area contributed by atoms with Crippen molar-refractivity contribution in [1.29, 1.82) is 0 Å². The molecule has 0 saturated carbocycles. The van der Waals surface area contributed by atoms with Gasteiger partial charge in [-0.3, -0.25) is 4.79 Å². The molecule has 0 aromatic heterocycles. The second kappa shape index (κ2) is 5.85. The topological polar surface area (TPSA) is 26.3 Å². The molecule has 2 nitrogen and oxygen atoms in total. The molecule has 17 heavy (non-hydrogen) atoms. The molecule has 0 aliphatic carbocycles. The van der Waals surface area contributed by atoms with Gasteiger partial charge in [-0.25, -0.2) is 0 Å². The van der Waals surface area contributed by atoms with Gasteiger partial charge in [-0.2, -0.15) is 0 Å². The van der Waals surface area contributed by atoms with Gasteiger partial charge in [0.1, 0.15) is 5.60 Å². The van der Waals surface area contributed by atoms with Gasteiger partial charge in [0.2, 0.25) is 0 Å². The molecule has 0 heterocycles. The Kier molecular flexibility index (Phi) is 4.73. The van der Waals surface area contributed by atoms with Gasteiger partial charge in [-0.05, 0) is 32.8 Å². The lowest BCUT2D eigenvalue weighted by atomic mass is 9.94. The van der Waals surface area contributed by atoms with Crippen molar-refractivity contribution in [2.45, 2.75) is 52.1 Å². The van der Waals surface area contributed by atoms with Crippen LogP contribution >= 0.6 is 0 Å². The molecule has 1 atom stereocenters. The highest BCUT2D eigenvalue weighted by atomic mass is 16.6. The van der Waals surface area contributed by atoms with Crippen LogP contribution in [0, 0.1) is 0 Å². The van der Waals surface area contributed by atoms with Crippen LogP contribution in [-0.2, 0) is 9.53 Å². The Labute approximate surface area is 104 Å². The number of hydrogen-bond donors (Lipinski definition) is 0. The average Bonchev–Trinajstić information content (AvgIpc) is 2.24. The third-order valence-corrected chi connectivity index (χ3v) is 2.47. The zero-order chi connectivity index (χ0) is 12.9. The molecule has 0 aliphatic heterocycles. The number of hydrogen-bond acceptors (Lipinski definition) is 2. The van der Waals surface area contributed by atoms with E-state index in [-0.39, 0.29) is 11.9 Å². The summed E-state index contributed by atoms with van der Waals surface area (Å²) in [7, 11) is 0. The van der Waals surface area contributed by atoms with E-state index in [4.69, 9.17) is 4.74 Å². The molecule has 1 unspecified atom stereocenters. The number of esters is 1. The SMILES string of the molecule is CCCC(C(=O)OC(C)(C)C)c1ccccc1. The Balaban J connectivity index is 2.83. The quantitative estimate of drug-likeness (QED) is 0.738. The number of ether oxygens (including phenoxy) is 1. The average molecular weight is 234 g/mol. The van der Waals surface area contributed by atoms with E-state index < -0.39 is 5.60 Å². The van der Waals surface area contributed by atoms with E-state index >= 15 is 0 Å². The maximum atomic E-state index is 12.1. The zero-order valence-corrected chi connectivity index (χ0v) is 11.2. The molecule has 0 spiro atoms. The largest absolute Gasteiger partial charge is 0.459 e. The first-order valence-electron chi connectivity index (χ1n) is 6.22. The normalized spacial score (nSPS) is 13.2. The fourth-order valence-electron chi connectivity index (χ4n) is 1.77. The maximum Gasteiger partial charge on any atom is 0.313 e. The van der Waals surface area contributed by atoms with Crippen molar-refractivity contribution in [3.8, 4) is 0 Å². The minimum Gasteiger partial charge on any atom is -0.459 e. The van der Waals surface area contributed by atoms with Gasteiger partial charge in [-0.15, -0.1) is 0 Å². The van der Waals surface area contributed by atoms with Crippen molar-refractivity contribution in [2.24, 2.45) is 0 Å². The van der Waals surface area contributed by atoms with E-state index in [1.807, 2.05) is 51.1 Å². The van der Waals surface area contributed by atoms with Crippen LogP contribution in [0.25, 0.3) is 0 Å². The van der Waals surface area contributed by atoms with E-state index in [0.29, 0.717) is 0 Å². The summed E-state index contributed by atoms with van der Waals surface area (Å²) >= 11 is 0. The van der Waals surface area contributed by atoms with Crippen molar-refractivity contribution in [3.05, 3.63) is 35.9 Å². The predicted octanol–water partition coefficient (Wildman–Crippen LogP) is 3.91. The number of benzene rings is 1. The molecule has 0 bridgehead atoms. The van der Waals surface area contributed by atoms with Crippen molar-refractivity contribution in [2.75, 3.05) is 0 Å². The van der Waals surface area contributed by atoms with E-state index in [1.54, 1.807) is 0 Å². The first-order valence-corrected chi connectivity index (χ1v) is 6.22. The van der Waals surface area contributed by atoms with E-state index in [9.17, 15) is 4.79 Å². The molecule has 1 aromatic carbocycles. The van der Waals surface area contributed by atoms with Crippen LogP contribution in [-0.4, -0.2) is 11.6 Å². The van der Waals surface area contributed by atoms with Crippen molar-refractivity contribution in [1.82, 2.24) is 0 Å². The van der Waals surface area contributed by atoms with Crippen molar-refractivity contribution >= 4 is 5.97 Å². The van der Waals surface area contributed by atoms with Gasteiger partial charge in [0.15, 0.2) is 0 Å². The minimum absolute atomic E-state index is 0.120. The summed E-state index contributed by atoms with van der Waals surface area (Å²) in [4.78, 5) is 12.1. The van der Waals surface area contributed by atoms with Crippen LogP contribution in [0.5, 0.6) is 0 Å². The second-order valence-electron chi connectivity index (χ2n) is 5.29. The number of rotatable bonds is 4. The summed E-state index contributed by atoms with van der Waals surface area (Å²) in [6, 6.07) is 9.86. The lowest BCUT2D eigenvalue weighted by Crippen LogP contribution is -2.27. The highest BCUT2D eigenvalue weighted by Gasteiger charge is 2.25. The Morgan fingerprint density at radius 1 is 1.24 bits per heavy atom. The Bertz CT molecular complexity index is 349. The van der Waals surface area contributed by atoms with Gasteiger partial charge >= 0.3 is 5.97 Å². The molecule has 1 aromatic rings. The predicted molar refractivity (Wildman–Crippen MR) is 69.9 cm³/mol. The first kappa shape index (κ1) is 13.8. The third kappa shape index (κ3) is 4.59. The molecular formula is C15H22O2. The van der Waals surface area contributed by atoms with Gasteiger partial charge in [0.05, 0.1) is 5.92 Å². The van der Waals surface area contributed by atoms with Gasteiger partial charge < -0.3 is 4.74 Å². The summed E-state index contributed by atoms with van der Waals surface area (Å²) in [5.41, 5.74) is 0.626. The van der Waals surface area contributed by atoms with Crippen LogP contribution in [0.15, 0.2) is 30.3 Å². The standard InChI is InChI=1S/C15H22O2/c1-5-9-13(12-10-7-6-8-11-12)14(16)17-15(2,3)4/h6-8,10-11,13H,5,9H2,1-4H3. The Hall–Kier alpha value is -1.31. The van der Waals surface area contributed by atoms with Gasteiger partial charge in [-0.1, -0.05) is 43.7 Å². The highest BCUT2D eigenvalue weighted by Crippen LogP contribution is 2.24. The molecule has 0 aliphatic rings. The summed E-state index contributed by atoms with van der Waals surface area (Å²) in [6.45, 7) is 7.79. The van der Waals surface area contributed by atoms with Crippen molar-refractivity contribution in [3.63, 3.8) is 0 Å². The molecule has 0 saturated heterocycles. The second-order valence-corrected chi connectivity index (χ2v) is 5.29. The van der Waals surface area contributed by atoms with Crippen molar-refractivity contribution < 1.29 is 9.53 Å². The minimum atomic E-state index is -0.419. The molecule has 2 heteroatoms. The summed E-state index contributed by atoms with van der Waals surface area (Å²) < 4.78 is 5.47. The Morgan fingerprint density at radius 2 is 1.82 bits per heavy atom. The third-order valence-electron chi connectivity index (χ3n) is 2.47. The van der Waals surface area contributed by atoms with Crippen LogP contribution in [0.4, 0.5) is 0 Å². The molecule has 0 amide bonds. The van der Waals surface area contributed by atoms with E-state index in [0.717, 1.165) is 18.4 Å². The van der Waals surface area contributed by atoms with Crippen LogP contribution in [0.2, 0.25) is 0 Å². The van der Waals surface area contributed by atoms with Crippen LogP contribution in [0.3, 0.4) is 0 Å². The monoisotopic (exact) mass is 234 g/mol. The summed E-state index contributed by atoms with van der Waals surface area (Å²) in [5, 5.41) is 0. The number of carbonyl (C=O) groups is 1. The lowest BCUT2D eigenvalue weighted by molar-refractivity contribution is -0.157. The molecule has 1 rings (SSSR count). The molecule has 0 radical (unpaired) electrons. The first-order chi connectivity index (χ1) is 7.94. The molecular weight excluding hydrogens is 212 g/mol. The zero-order valence-electron chi connectivity index (χ0n) is 11.2. The van der Waals surface area contributed by atoms with E-state index in [2.05, 4.69) is 6.92 Å². The highest BCUT2D eigenvalue weighted by molar-refractivity contribution is 5.78.